The zero-order valence-electron chi connectivity index (χ0n) is 17.9. The lowest BCUT2D eigenvalue weighted by molar-refractivity contribution is -0.162. The summed E-state index contributed by atoms with van der Waals surface area (Å²) in [7, 11) is 1.50. The van der Waals surface area contributed by atoms with Crippen LogP contribution in [0.4, 0.5) is 4.79 Å². The highest BCUT2D eigenvalue weighted by molar-refractivity contribution is 5.93. The number of carbonyl (C=O) groups is 3. The number of fused-ring (bicyclic) bond motifs is 3. The summed E-state index contributed by atoms with van der Waals surface area (Å²) in [6.07, 6.45) is 3.91. The van der Waals surface area contributed by atoms with E-state index in [1.807, 2.05) is 24.3 Å². The summed E-state index contributed by atoms with van der Waals surface area (Å²) < 4.78 is 5.45. The molecule has 2 aromatic carbocycles. The molecule has 0 aromatic heterocycles. The lowest BCUT2D eigenvalue weighted by atomic mass is 9.75. The van der Waals surface area contributed by atoms with Crippen molar-refractivity contribution in [1.82, 2.24) is 10.2 Å². The van der Waals surface area contributed by atoms with Crippen molar-refractivity contribution in [2.24, 2.45) is 0 Å². The first-order valence-corrected chi connectivity index (χ1v) is 10.7. The molecule has 1 fully saturated rings. The number of amides is 2. The van der Waals surface area contributed by atoms with E-state index >= 15 is 0 Å². The van der Waals surface area contributed by atoms with Crippen molar-refractivity contribution >= 4 is 18.0 Å². The molecule has 2 aromatic rings. The zero-order chi connectivity index (χ0) is 22.7. The average Bonchev–Trinajstić information content (AvgIpc) is 3.08. The third-order valence-electron chi connectivity index (χ3n) is 6.52. The van der Waals surface area contributed by atoms with Gasteiger partial charge in [-0.15, -0.1) is 0 Å². The van der Waals surface area contributed by atoms with Gasteiger partial charge in [0.1, 0.15) is 12.1 Å². The molecule has 0 spiro atoms. The van der Waals surface area contributed by atoms with Gasteiger partial charge in [-0.25, -0.2) is 9.59 Å². The Morgan fingerprint density at radius 1 is 1.09 bits per heavy atom. The highest BCUT2D eigenvalue weighted by Crippen LogP contribution is 2.44. The van der Waals surface area contributed by atoms with E-state index in [9.17, 15) is 19.5 Å². The largest absolute Gasteiger partial charge is 0.479 e. The fourth-order valence-corrected chi connectivity index (χ4v) is 4.48. The van der Waals surface area contributed by atoms with Crippen LogP contribution >= 0.6 is 0 Å². The number of ether oxygens (including phenoxy) is 1. The maximum atomic E-state index is 12.3. The fraction of sp³-hybridized carbons (Fsp3) is 0.320. The van der Waals surface area contributed by atoms with Crippen molar-refractivity contribution < 1.29 is 24.2 Å². The smallest absolute Gasteiger partial charge is 0.407 e. The number of carboxylic acid groups (broad SMARTS) is 1. The molecule has 2 aliphatic carbocycles. The molecule has 1 saturated carbocycles. The van der Waals surface area contributed by atoms with E-state index in [0.29, 0.717) is 12.8 Å². The molecule has 2 N–H and O–H groups in total. The van der Waals surface area contributed by atoms with Crippen LogP contribution in [0.5, 0.6) is 0 Å². The van der Waals surface area contributed by atoms with Crippen LogP contribution < -0.4 is 5.32 Å². The molecule has 2 amide bonds. The van der Waals surface area contributed by atoms with Gasteiger partial charge in [0.05, 0.1) is 0 Å². The first-order chi connectivity index (χ1) is 15.4. The standard InChI is InChI=1S/C25H26N2O5/c1-27(25(23(29)30)13-7-14-25)22(28)12-6-15-26-24(31)32-16-21-19-10-4-2-8-17(19)18-9-3-5-11-20(18)21/h2-6,8-12,21H,7,13-16H2,1H3,(H,26,31)(H,29,30)/b12-6+. The number of likely N-dealkylation sites (N-methyl/N-ethyl adjacent to an activating group) is 1. The highest BCUT2D eigenvalue weighted by atomic mass is 16.5. The number of hydrogen-bond donors (Lipinski definition) is 2. The Bertz CT molecular complexity index is 1030. The molecule has 0 saturated heterocycles. The second-order valence-electron chi connectivity index (χ2n) is 8.20. The molecule has 2 aliphatic rings. The molecule has 0 radical (unpaired) electrons. The summed E-state index contributed by atoms with van der Waals surface area (Å²) in [5.41, 5.74) is 3.49. The first kappa shape index (κ1) is 21.6. The molecular weight excluding hydrogens is 408 g/mol. The molecule has 0 heterocycles. The molecule has 0 aliphatic heterocycles. The van der Waals surface area contributed by atoms with Crippen molar-refractivity contribution in [3.63, 3.8) is 0 Å². The van der Waals surface area contributed by atoms with Crippen molar-refractivity contribution in [3.8, 4) is 11.1 Å². The van der Waals surface area contributed by atoms with E-state index in [-0.39, 0.29) is 19.1 Å². The summed E-state index contributed by atoms with van der Waals surface area (Å²) in [5, 5.41) is 12.0. The Balaban J connectivity index is 1.28. The summed E-state index contributed by atoms with van der Waals surface area (Å²) in [5.74, 6) is -1.40. The SMILES string of the molecule is CN(C(=O)/C=C/CNC(=O)OCC1c2ccccc2-c2ccccc21)C1(C(=O)O)CCC1. The van der Waals surface area contributed by atoms with Crippen LogP contribution in [-0.4, -0.2) is 53.7 Å². The van der Waals surface area contributed by atoms with Gasteiger partial charge in [0.15, 0.2) is 0 Å². The summed E-state index contributed by atoms with van der Waals surface area (Å²) in [6, 6.07) is 16.2. The minimum atomic E-state index is -1.11. The third kappa shape index (κ3) is 3.86. The number of benzene rings is 2. The lowest BCUT2D eigenvalue weighted by Crippen LogP contribution is -2.59. The minimum absolute atomic E-state index is 0.0198. The van der Waals surface area contributed by atoms with Crippen LogP contribution in [0.25, 0.3) is 11.1 Å². The molecule has 7 heteroatoms. The fourth-order valence-electron chi connectivity index (χ4n) is 4.48. The van der Waals surface area contributed by atoms with Crippen LogP contribution in [0.15, 0.2) is 60.7 Å². The van der Waals surface area contributed by atoms with Crippen LogP contribution in [0.1, 0.15) is 36.3 Å². The number of carboxylic acids is 1. The Morgan fingerprint density at radius 3 is 2.22 bits per heavy atom. The monoisotopic (exact) mass is 434 g/mol. The molecule has 0 unspecified atom stereocenters. The Kier molecular flexibility index (Phi) is 5.99. The number of rotatable bonds is 7. The van der Waals surface area contributed by atoms with Gasteiger partial charge in [0, 0.05) is 25.6 Å². The minimum Gasteiger partial charge on any atom is -0.479 e. The topological polar surface area (TPSA) is 95.9 Å². The maximum absolute atomic E-state index is 12.3. The van der Waals surface area contributed by atoms with E-state index in [0.717, 1.165) is 28.7 Å². The van der Waals surface area contributed by atoms with E-state index in [1.54, 1.807) is 0 Å². The lowest BCUT2D eigenvalue weighted by Gasteiger charge is -2.44. The van der Waals surface area contributed by atoms with Gasteiger partial charge in [-0.1, -0.05) is 54.6 Å². The number of alkyl carbamates (subject to hydrolysis) is 1. The van der Waals surface area contributed by atoms with Crippen molar-refractivity contribution in [2.45, 2.75) is 30.7 Å². The first-order valence-electron chi connectivity index (χ1n) is 10.7. The average molecular weight is 434 g/mol. The van der Waals surface area contributed by atoms with E-state index in [4.69, 9.17) is 4.74 Å². The second-order valence-corrected chi connectivity index (χ2v) is 8.20. The van der Waals surface area contributed by atoms with Gasteiger partial charge in [-0.3, -0.25) is 4.79 Å². The van der Waals surface area contributed by atoms with E-state index in [1.165, 1.54) is 24.1 Å². The maximum Gasteiger partial charge on any atom is 0.407 e. The number of carbonyl (C=O) groups excluding carboxylic acids is 2. The van der Waals surface area contributed by atoms with Gasteiger partial charge in [-0.2, -0.15) is 0 Å². The zero-order valence-corrected chi connectivity index (χ0v) is 17.9. The summed E-state index contributed by atoms with van der Waals surface area (Å²) in [4.78, 5) is 37.2. The molecule has 4 rings (SSSR count). The Labute approximate surface area is 186 Å². The normalized spacial score (nSPS) is 16.0. The highest BCUT2D eigenvalue weighted by Gasteiger charge is 2.49. The predicted octanol–water partition coefficient (Wildman–Crippen LogP) is 3.55. The Hall–Kier alpha value is -3.61. The molecule has 0 bridgehead atoms. The van der Waals surface area contributed by atoms with Gasteiger partial charge in [0.25, 0.3) is 0 Å². The van der Waals surface area contributed by atoms with E-state index < -0.39 is 23.5 Å². The number of nitrogens with zero attached hydrogens (tertiary/aromatic N) is 1. The molecule has 166 valence electrons. The van der Waals surface area contributed by atoms with Crippen molar-refractivity contribution in [2.75, 3.05) is 20.2 Å². The van der Waals surface area contributed by atoms with Crippen molar-refractivity contribution in [3.05, 3.63) is 71.8 Å². The number of hydrogen-bond acceptors (Lipinski definition) is 4. The summed E-state index contributed by atoms with van der Waals surface area (Å²) in [6.45, 7) is 0.322. The molecule has 7 nitrogen and oxygen atoms in total. The second kappa shape index (κ2) is 8.86. The predicted molar refractivity (Wildman–Crippen MR) is 119 cm³/mol. The van der Waals surface area contributed by atoms with Crippen LogP contribution in [0.2, 0.25) is 0 Å². The van der Waals surface area contributed by atoms with Crippen LogP contribution in [0.3, 0.4) is 0 Å². The van der Waals surface area contributed by atoms with Gasteiger partial charge < -0.3 is 20.1 Å². The van der Waals surface area contributed by atoms with Gasteiger partial charge in [0.2, 0.25) is 5.91 Å². The van der Waals surface area contributed by atoms with Crippen LogP contribution in [0, 0.1) is 0 Å². The molecule has 0 atom stereocenters. The molecular formula is C25H26N2O5. The quantitative estimate of drug-likeness (QED) is 0.650. The summed E-state index contributed by atoms with van der Waals surface area (Å²) >= 11 is 0. The third-order valence-corrected chi connectivity index (χ3v) is 6.52. The Morgan fingerprint density at radius 2 is 1.69 bits per heavy atom. The van der Waals surface area contributed by atoms with E-state index in [2.05, 4.69) is 29.6 Å². The van der Waals surface area contributed by atoms with Gasteiger partial charge >= 0.3 is 12.1 Å². The van der Waals surface area contributed by atoms with Crippen molar-refractivity contribution in [1.29, 1.82) is 0 Å². The number of nitrogens with one attached hydrogen (secondary N) is 1. The van der Waals surface area contributed by atoms with Crippen LogP contribution in [-0.2, 0) is 14.3 Å². The molecule has 32 heavy (non-hydrogen) atoms. The number of aliphatic carboxylic acids is 1. The van der Waals surface area contributed by atoms with Gasteiger partial charge in [-0.05, 0) is 41.5 Å².